The number of rotatable bonds is 13. The number of aromatic hydroxyl groups is 1. The molecule has 0 fully saturated rings. The van der Waals surface area contributed by atoms with Crippen molar-refractivity contribution in [3.63, 3.8) is 0 Å². The Kier molecular flexibility index (Phi) is 9.43. The van der Waals surface area contributed by atoms with Crippen molar-refractivity contribution < 1.29 is 24.6 Å². The van der Waals surface area contributed by atoms with Crippen molar-refractivity contribution in [2.75, 3.05) is 6.54 Å². The van der Waals surface area contributed by atoms with Crippen molar-refractivity contribution in [2.24, 2.45) is 11.5 Å². The van der Waals surface area contributed by atoms with Crippen LogP contribution in [0.3, 0.4) is 0 Å². The van der Waals surface area contributed by atoms with Gasteiger partial charge in [-0.2, -0.15) is 0 Å². The fraction of sp³-hybridized carbons (Fsp3) is 0.346. The van der Waals surface area contributed by atoms with Gasteiger partial charge in [0.1, 0.15) is 17.8 Å². The van der Waals surface area contributed by atoms with Crippen molar-refractivity contribution in [3.8, 4) is 5.75 Å². The van der Waals surface area contributed by atoms with E-state index in [0.717, 1.165) is 22.0 Å². The first kappa shape index (κ1) is 26.7. The van der Waals surface area contributed by atoms with Crippen LogP contribution in [-0.2, 0) is 27.2 Å². The van der Waals surface area contributed by atoms with E-state index < -0.39 is 35.9 Å². The summed E-state index contributed by atoms with van der Waals surface area (Å²) in [6.07, 6.45) is 3.52. The average molecular weight is 496 g/mol. The molecule has 0 spiro atoms. The van der Waals surface area contributed by atoms with Crippen molar-refractivity contribution in [1.29, 1.82) is 0 Å². The van der Waals surface area contributed by atoms with Crippen LogP contribution in [0.25, 0.3) is 10.9 Å². The van der Waals surface area contributed by atoms with Crippen LogP contribution < -0.4 is 22.1 Å². The average Bonchev–Trinajstić information content (AvgIpc) is 3.27. The van der Waals surface area contributed by atoms with Crippen LogP contribution in [0.5, 0.6) is 5.75 Å². The Morgan fingerprint density at radius 3 is 2.31 bits per heavy atom. The monoisotopic (exact) mass is 495 g/mol. The Bertz CT molecular complexity index is 1180. The molecule has 3 aromatic rings. The minimum Gasteiger partial charge on any atom is -0.508 e. The largest absolute Gasteiger partial charge is 0.508 e. The molecule has 0 bridgehead atoms. The van der Waals surface area contributed by atoms with Gasteiger partial charge in [0.15, 0.2) is 0 Å². The van der Waals surface area contributed by atoms with Crippen molar-refractivity contribution in [2.45, 2.75) is 50.2 Å². The van der Waals surface area contributed by atoms with E-state index in [1.807, 2.05) is 24.3 Å². The molecule has 0 saturated heterocycles. The molecular weight excluding hydrogens is 462 g/mol. The fourth-order valence-corrected chi connectivity index (χ4v) is 4.01. The molecule has 3 rings (SSSR count). The number of nitrogens with two attached hydrogens (primary N) is 2. The van der Waals surface area contributed by atoms with Gasteiger partial charge in [-0.3, -0.25) is 9.59 Å². The molecule has 10 nitrogen and oxygen atoms in total. The van der Waals surface area contributed by atoms with E-state index in [1.54, 1.807) is 18.3 Å². The number of nitrogens with one attached hydrogen (secondary N) is 3. The van der Waals surface area contributed by atoms with E-state index in [4.69, 9.17) is 11.5 Å². The van der Waals surface area contributed by atoms with Gasteiger partial charge in [-0.05, 0) is 61.6 Å². The van der Waals surface area contributed by atoms with Crippen LogP contribution in [0, 0.1) is 0 Å². The minimum atomic E-state index is -1.15. The maximum atomic E-state index is 13.2. The number of carboxylic acids is 1. The Morgan fingerprint density at radius 2 is 1.61 bits per heavy atom. The number of hydrogen-bond acceptors (Lipinski definition) is 6. The first-order valence-corrected chi connectivity index (χ1v) is 11.9. The molecule has 0 aliphatic carbocycles. The summed E-state index contributed by atoms with van der Waals surface area (Å²) in [7, 11) is 0. The molecule has 0 aliphatic rings. The number of aromatic amines is 1. The van der Waals surface area contributed by atoms with Gasteiger partial charge in [0.2, 0.25) is 11.8 Å². The molecule has 10 heteroatoms. The predicted octanol–water partition coefficient (Wildman–Crippen LogP) is 1.17. The lowest BCUT2D eigenvalue weighted by Gasteiger charge is -2.23. The number of benzene rings is 2. The Balaban J connectivity index is 1.76. The van der Waals surface area contributed by atoms with E-state index in [-0.39, 0.29) is 25.0 Å². The molecule has 9 N–H and O–H groups in total. The zero-order valence-electron chi connectivity index (χ0n) is 19.9. The molecule has 1 aromatic heterocycles. The lowest BCUT2D eigenvalue weighted by atomic mass is 10.0. The molecular formula is C26H33N5O5. The zero-order valence-corrected chi connectivity index (χ0v) is 19.9. The lowest BCUT2D eigenvalue weighted by Crippen LogP contribution is -2.55. The number of unbranched alkanes of at least 4 members (excludes halogenated alkanes) is 1. The summed E-state index contributed by atoms with van der Waals surface area (Å²) in [6.45, 7) is 0.429. The topological polar surface area (TPSA) is 184 Å². The summed E-state index contributed by atoms with van der Waals surface area (Å²) in [5.74, 6) is -2.20. The number of para-hydroxylation sites is 1. The van der Waals surface area contributed by atoms with Crippen LogP contribution in [0.15, 0.2) is 54.7 Å². The lowest BCUT2D eigenvalue weighted by molar-refractivity contribution is -0.142. The highest BCUT2D eigenvalue weighted by Gasteiger charge is 2.28. The third kappa shape index (κ3) is 7.30. The third-order valence-corrected chi connectivity index (χ3v) is 6.02. The molecule has 192 valence electrons. The minimum absolute atomic E-state index is 0.103. The fourth-order valence-electron chi connectivity index (χ4n) is 4.01. The zero-order chi connectivity index (χ0) is 26.1. The van der Waals surface area contributed by atoms with Crippen LogP contribution in [-0.4, -0.2) is 57.7 Å². The summed E-state index contributed by atoms with van der Waals surface area (Å²) in [5.41, 5.74) is 14.0. The number of phenolic OH excluding ortho intramolecular Hbond substituents is 1. The molecule has 36 heavy (non-hydrogen) atoms. The van der Waals surface area contributed by atoms with Crippen molar-refractivity contribution in [1.82, 2.24) is 15.6 Å². The number of amides is 2. The van der Waals surface area contributed by atoms with Gasteiger partial charge >= 0.3 is 5.97 Å². The SMILES string of the molecule is NCCCCC(NC(=O)C(Cc1c[nH]c2ccccc12)NC(=O)C(N)Cc1ccc(O)cc1)C(=O)O. The maximum Gasteiger partial charge on any atom is 0.326 e. The Morgan fingerprint density at radius 1 is 0.917 bits per heavy atom. The molecule has 0 saturated carbocycles. The highest BCUT2D eigenvalue weighted by molar-refractivity contribution is 5.93. The second kappa shape index (κ2) is 12.7. The van der Waals surface area contributed by atoms with Crippen molar-refractivity contribution in [3.05, 3.63) is 65.9 Å². The normalized spacial score (nSPS) is 13.6. The number of phenols is 1. The second-order valence-corrected chi connectivity index (χ2v) is 8.79. The molecule has 0 aliphatic heterocycles. The van der Waals surface area contributed by atoms with Gasteiger partial charge in [-0.15, -0.1) is 0 Å². The van der Waals surface area contributed by atoms with E-state index in [0.29, 0.717) is 19.4 Å². The van der Waals surface area contributed by atoms with Gasteiger partial charge in [0.05, 0.1) is 6.04 Å². The van der Waals surface area contributed by atoms with Crippen molar-refractivity contribution >= 4 is 28.7 Å². The third-order valence-electron chi connectivity index (χ3n) is 6.02. The second-order valence-electron chi connectivity index (χ2n) is 8.79. The summed E-state index contributed by atoms with van der Waals surface area (Å²) >= 11 is 0. The van der Waals surface area contributed by atoms with E-state index in [2.05, 4.69) is 15.6 Å². The van der Waals surface area contributed by atoms with Crippen LogP contribution >= 0.6 is 0 Å². The number of aromatic nitrogens is 1. The van der Waals surface area contributed by atoms with Crippen LogP contribution in [0.1, 0.15) is 30.4 Å². The summed E-state index contributed by atoms with van der Waals surface area (Å²) in [5, 5.41) is 25.2. The number of H-pyrrole nitrogens is 1. The smallest absolute Gasteiger partial charge is 0.326 e. The van der Waals surface area contributed by atoms with E-state index >= 15 is 0 Å². The molecule has 2 aromatic carbocycles. The number of hydrogen-bond donors (Lipinski definition) is 7. The summed E-state index contributed by atoms with van der Waals surface area (Å²) in [4.78, 5) is 41.0. The number of fused-ring (bicyclic) bond motifs is 1. The molecule has 1 heterocycles. The van der Waals surface area contributed by atoms with Gasteiger partial charge < -0.3 is 37.3 Å². The molecule has 3 unspecified atom stereocenters. The first-order chi connectivity index (χ1) is 17.3. The standard InChI is InChI=1S/C26H33N5O5/c27-12-4-3-7-22(26(35)36)30-25(34)23(14-17-15-29-21-6-2-1-5-19(17)21)31-24(33)20(28)13-16-8-10-18(32)11-9-16/h1-2,5-6,8-11,15,20,22-23,29,32H,3-4,7,12-14,27-28H2,(H,30,34)(H,31,33)(H,35,36). The predicted molar refractivity (Wildman–Crippen MR) is 136 cm³/mol. The Labute approximate surface area is 209 Å². The van der Waals surface area contributed by atoms with Gasteiger partial charge in [0, 0.05) is 23.5 Å². The van der Waals surface area contributed by atoms with Gasteiger partial charge in [-0.1, -0.05) is 30.3 Å². The summed E-state index contributed by atoms with van der Waals surface area (Å²) < 4.78 is 0. The molecule has 0 radical (unpaired) electrons. The number of carbonyl (C=O) groups excluding carboxylic acids is 2. The van der Waals surface area contributed by atoms with Crippen LogP contribution in [0.4, 0.5) is 0 Å². The number of aliphatic carboxylic acids is 1. The quantitative estimate of drug-likeness (QED) is 0.174. The van der Waals surface area contributed by atoms with Crippen LogP contribution in [0.2, 0.25) is 0 Å². The summed E-state index contributed by atoms with van der Waals surface area (Å²) in [6, 6.07) is 10.8. The highest BCUT2D eigenvalue weighted by atomic mass is 16.4. The first-order valence-electron chi connectivity index (χ1n) is 11.9. The number of carboxylic acid groups (broad SMARTS) is 1. The Hall–Kier alpha value is -3.89. The van der Waals surface area contributed by atoms with E-state index in [1.165, 1.54) is 12.1 Å². The highest BCUT2D eigenvalue weighted by Crippen LogP contribution is 2.19. The van der Waals surface area contributed by atoms with E-state index in [9.17, 15) is 24.6 Å². The molecule has 3 atom stereocenters. The van der Waals surface area contributed by atoms with Gasteiger partial charge in [0.25, 0.3) is 0 Å². The van der Waals surface area contributed by atoms with Gasteiger partial charge in [-0.25, -0.2) is 4.79 Å². The maximum absolute atomic E-state index is 13.2. The number of carbonyl (C=O) groups is 3. The molecule has 2 amide bonds.